The number of ether oxygens (including phenoxy) is 1. The van der Waals surface area contributed by atoms with Gasteiger partial charge in [-0.1, -0.05) is 12.1 Å². The zero-order chi connectivity index (χ0) is 18.0. The summed E-state index contributed by atoms with van der Waals surface area (Å²) in [5, 5.41) is 9.22. The fraction of sp³-hybridized carbons (Fsp3) is 0.300. The van der Waals surface area contributed by atoms with Crippen LogP contribution < -0.4 is 4.74 Å². The number of hydrogen-bond acceptors (Lipinski definition) is 3. The van der Waals surface area contributed by atoms with Crippen molar-refractivity contribution in [2.75, 3.05) is 7.11 Å². The molecule has 0 saturated heterocycles. The summed E-state index contributed by atoms with van der Waals surface area (Å²) in [7, 11) is 1.62. The summed E-state index contributed by atoms with van der Waals surface area (Å²) in [6, 6.07) is 12.6. The number of hydrogen-bond donors (Lipinski definition) is 1. The molecule has 1 saturated carbocycles. The van der Waals surface area contributed by atoms with Crippen LogP contribution in [0.4, 0.5) is 0 Å². The van der Waals surface area contributed by atoms with Crippen molar-refractivity contribution in [3.05, 3.63) is 64.7 Å². The number of rotatable bonds is 6. The van der Waals surface area contributed by atoms with Gasteiger partial charge in [-0.05, 0) is 61.2 Å². The average molecular weight is 339 g/mol. The van der Waals surface area contributed by atoms with Gasteiger partial charge in [0.25, 0.3) is 5.91 Å². The van der Waals surface area contributed by atoms with Gasteiger partial charge in [0.1, 0.15) is 5.75 Å². The van der Waals surface area contributed by atoms with Crippen molar-refractivity contribution in [1.82, 2.24) is 4.90 Å². The van der Waals surface area contributed by atoms with E-state index in [2.05, 4.69) is 0 Å². The molecule has 0 atom stereocenters. The zero-order valence-corrected chi connectivity index (χ0v) is 14.4. The molecule has 0 spiro atoms. The quantitative estimate of drug-likeness (QED) is 0.874. The molecule has 5 heteroatoms. The number of aryl methyl sites for hydroxylation is 1. The summed E-state index contributed by atoms with van der Waals surface area (Å²) < 4.78 is 5.16. The van der Waals surface area contributed by atoms with Crippen molar-refractivity contribution in [2.24, 2.45) is 0 Å². The highest BCUT2D eigenvalue weighted by Crippen LogP contribution is 2.30. The fourth-order valence-electron chi connectivity index (χ4n) is 2.88. The summed E-state index contributed by atoms with van der Waals surface area (Å²) in [5.74, 6) is -0.367. The van der Waals surface area contributed by atoms with Crippen molar-refractivity contribution in [3.63, 3.8) is 0 Å². The number of nitrogens with zero attached hydrogens (tertiary/aromatic N) is 1. The van der Waals surface area contributed by atoms with E-state index in [0.717, 1.165) is 29.7 Å². The van der Waals surface area contributed by atoms with Crippen LogP contribution in [0.15, 0.2) is 42.5 Å². The van der Waals surface area contributed by atoms with E-state index in [1.807, 2.05) is 29.2 Å². The van der Waals surface area contributed by atoms with E-state index in [1.54, 1.807) is 26.2 Å². The zero-order valence-electron chi connectivity index (χ0n) is 14.4. The Morgan fingerprint density at radius 3 is 2.32 bits per heavy atom. The number of aromatic carboxylic acids is 1. The number of benzene rings is 2. The van der Waals surface area contributed by atoms with Crippen LogP contribution in [0.2, 0.25) is 0 Å². The first-order valence-electron chi connectivity index (χ1n) is 8.27. The van der Waals surface area contributed by atoms with E-state index >= 15 is 0 Å². The smallest absolute Gasteiger partial charge is 0.335 e. The molecular weight excluding hydrogens is 318 g/mol. The third-order valence-corrected chi connectivity index (χ3v) is 4.33. The molecule has 3 rings (SSSR count). The molecule has 25 heavy (non-hydrogen) atoms. The van der Waals surface area contributed by atoms with E-state index in [0.29, 0.717) is 12.1 Å². The van der Waals surface area contributed by atoms with Gasteiger partial charge in [0.15, 0.2) is 0 Å². The maximum atomic E-state index is 13.0. The van der Waals surface area contributed by atoms with Crippen molar-refractivity contribution in [2.45, 2.75) is 32.4 Å². The van der Waals surface area contributed by atoms with Gasteiger partial charge in [-0.2, -0.15) is 0 Å². The lowest BCUT2D eigenvalue weighted by atomic mass is 10.0. The Morgan fingerprint density at radius 2 is 1.76 bits per heavy atom. The lowest BCUT2D eigenvalue weighted by molar-refractivity contribution is 0.0696. The van der Waals surface area contributed by atoms with Crippen LogP contribution in [0.1, 0.15) is 44.7 Å². The van der Waals surface area contributed by atoms with Gasteiger partial charge in [-0.3, -0.25) is 4.79 Å². The summed E-state index contributed by atoms with van der Waals surface area (Å²) in [4.78, 5) is 26.1. The first kappa shape index (κ1) is 17.0. The number of carbonyl (C=O) groups excluding carboxylic acids is 1. The Bertz CT molecular complexity index is 794. The molecule has 0 radical (unpaired) electrons. The summed E-state index contributed by atoms with van der Waals surface area (Å²) in [5.41, 5.74) is 2.36. The Morgan fingerprint density at radius 1 is 1.12 bits per heavy atom. The van der Waals surface area contributed by atoms with E-state index < -0.39 is 5.97 Å². The highest BCUT2D eigenvalue weighted by Gasteiger charge is 2.33. The van der Waals surface area contributed by atoms with Crippen molar-refractivity contribution < 1.29 is 19.4 Å². The SMILES string of the molecule is COc1ccc(CN(C(=O)c2cc(C)cc(C(=O)O)c2)C2CC2)cc1. The molecule has 2 aromatic carbocycles. The normalized spacial score (nSPS) is 13.4. The van der Waals surface area contributed by atoms with Crippen LogP contribution in [0.3, 0.4) is 0 Å². The predicted molar refractivity (Wildman–Crippen MR) is 94.0 cm³/mol. The van der Waals surface area contributed by atoms with E-state index in [1.165, 1.54) is 6.07 Å². The highest BCUT2D eigenvalue weighted by atomic mass is 16.5. The van der Waals surface area contributed by atoms with Gasteiger partial charge in [0.2, 0.25) is 0 Å². The van der Waals surface area contributed by atoms with Crippen LogP contribution >= 0.6 is 0 Å². The molecule has 1 amide bonds. The Kier molecular flexibility index (Phi) is 4.74. The third kappa shape index (κ3) is 3.99. The average Bonchev–Trinajstić information content (AvgIpc) is 3.44. The maximum Gasteiger partial charge on any atom is 0.335 e. The monoisotopic (exact) mass is 339 g/mol. The molecule has 0 heterocycles. The van der Waals surface area contributed by atoms with Crippen LogP contribution in [0.5, 0.6) is 5.75 Å². The number of carboxylic acids is 1. The number of methoxy groups -OCH3 is 1. The van der Waals surface area contributed by atoms with Crippen LogP contribution in [0, 0.1) is 6.92 Å². The van der Waals surface area contributed by atoms with Gasteiger partial charge in [0, 0.05) is 18.2 Å². The fourth-order valence-corrected chi connectivity index (χ4v) is 2.88. The number of carboxylic acid groups (broad SMARTS) is 1. The molecule has 0 bridgehead atoms. The van der Waals surface area contributed by atoms with Gasteiger partial charge in [-0.25, -0.2) is 4.79 Å². The van der Waals surface area contributed by atoms with Crippen molar-refractivity contribution in [3.8, 4) is 5.75 Å². The molecule has 0 unspecified atom stereocenters. The summed E-state index contributed by atoms with van der Waals surface area (Å²) in [6.07, 6.45) is 1.97. The molecule has 0 aromatic heterocycles. The molecule has 130 valence electrons. The summed E-state index contributed by atoms with van der Waals surface area (Å²) >= 11 is 0. The molecule has 2 aromatic rings. The Labute approximate surface area is 146 Å². The van der Waals surface area contributed by atoms with E-state index in [4.69, 9.17) is 4.74 Å². The maximum absolute atomic E-state index is 13.0. The standard InChI is InChI=1S/C20H21NO4/c1-13-9-15(11-16(10-13)20(23)24)19(22)21(17-5-6-17)12-14-3-7-18(25-2)8-4-14/h3-4,7-11,17H,5-6,12H2,1-2H3,(H,23,24). The first-order valence-corrected chi connectivity index (χ1v) is 8.27. The van der Waals surface area contributed by atoms with Crippen molar-refractivity contribution in [1.29, 1.82) is 0 Å². The second kappa shape index (κ2) is 6.97. The highest BCUT2D eigenvalue weighted by molar-refractivity contribution is 5.98. The van der Waals surface area contributed by atoms with Crippen LogP contribution in [0.25, 0.3) is 0 Å². The number of carbonyl (C=O) groups is 2. The topological polar surface area (TPSA) is 66.8 Å². The minimum Gasteiger partial charge on any atom is -0.497 e. The van der Waals surface area contributed by atoms with E-state index in [9.17, 15) is 14.7 Å². The molecule has 1 aliphatic rings. The van der Waals surface area contributed by atoms with E-state index in [-0.39, 0.29) is 17.5 Å². The predicted octanol–water partition coefficient (Wildman–Crippen LogP) is 3.51. The largest absolute Gasteiger partial charge is 0.497 e. The van der Waals surface area contributed by atoms with Crippen LogP contribution in [-0.4, -0.2) is 35.0 Å². The van der Waals surface area contributed by atoms with Gasteiger partial charge in [-0.15, -0.1) is 0 Å². The first-order chi connectivity index (χ1) is 12.0. The van der Waals surface area contributed by atoms with Gasteiger partial charge < -0.3 is 14.7 Å². The Balaban J connectivity index is 1.85. The van der Waals surface area contributed by atoms with Gasteiger partial charge in [0.05, 0.1) is 12.7 Å². The lowest BCUT2D eigenvalue weighted by Gasteiger charge is -2.23. The van der Waals surface area contributed by atoms with Crippen molar-refractivity contribution >= 4 is 11.9 Å². The summed E-state index contributed by atoms with van der Waals surface area (Å²) in [6.45, 7) is 2.30. The molecule has 0 aliphatic heterocycles. The number of amides is 1. The molecule has 1 aliphatic carbocycles. The molecule has 1 fully saturated rings. The Hall–Kier alpha value is -2.82. The second-order valence-corrected chi connectivity index (χ2v) is 6.41. The second-order valence-electron chi connectivity index (χ2n) is 6.41. The minimum absolute atomic E-state index is 0.121. The molecule has 1 N–H and O–H groups in total. The van der Waals surface area contributed by atoms with Crippen LogP contribution in [-0.2, 0) is 6.54 Å². The third-order valence-electron chi connectivity index (χ3n) is 4.33. The minimum atomic E-state index is -1.02. The van der Waals surface area contributed by atoms with Gasteiger partial charge >= 0.3 is 5.97 Å². The molecular formula is C20H21NO4. The lowest BCUT2D eigenvalue weighted by Crippen LogP contribution is -2.32. The molecule has 5 nitrogen and oxygen atoms in total.